The highest BCUT2D eigenvalue weighted by Gasteiger charge is 2.33. The van der Waals surface area contributed by atoms with Gasteiger partial charge in [0.25, 0.3) is 0 Å². The summed E-state index contributed by atoms with van der Waals surface area (Å²) in [5.74, 6) is 0.212. The lowest BCUT2D eigenvalue weighted by Crippen LogP contribution is -2.37. The summed E-state index contributed by atoms with van der Waals surface area (Å²) in [6.07, 6.45) is 2.58. The second-order valence-electron chi connectivity index (χ2n) is 5.60. The number of carbonyl (C=O) groups excluding carboxylic acids is 1. The highest BCUT2D eigenvalue weighted by atomic mass is 19.3. The van der Waals surface area contributed by atoms with Crippen molar-refractivity contribution >= 4 is 5.91 Å². The summed E-state index contributed by atoms with van der Waals surface area (Å²) in [5.41, 5.74) is 0.615. The van der Waals surface area contributed by atoms with E-state index < -0.39 is 6.61 Å². The van der Waals surface area contributed by atoms with Crippen LogP contribution in [0.3, 0.4) is 0 Å². The average Bonchev–Trinajstić information content (AvgIpc) is 2.79. The molecule has 0 aromatic heterocycles. The zero-order valence-corrected chi connectivity index (χ0v) is 11.6. The number of para-hydroxylation sites is 1. The van der Waals surface area contributed by atoms with E-state index >= 15 is 0 Å². The van der Waals surface area contributed by atoms with Gasteiger partial charge in [0.2, 0.25) is 5.91 Å². The van der Waals surface area contributed by atoms with Crippen LogP contribution in [0.1, 0.15) is 24.8 Å². The van der Waals surface area contributed by atoms with E-state index in [1.54, 1.807) is 23.1 Å². The van der Waals surface area contributed by atoms with E-state index in [1.165, 1.54) is 6.07 Å². The van der Waals surface area contributed by atoms with Gasteiger partial charge in [0.1, 0.15) is 5.75 Å². The molecule has 0 saturated carbocycles. The first-order valence-corrected chi connectivity index (χ1v) is 7.18. The number of likely N-dealkylation sites (tertiary alicyclic amines) is 1. The van der Waals surface area contributed by atoms with Gasteiger partial charge in [0.05, 0.1) is 0 Å². The summed E-state index contributed by atoms with van der Waals surface area (Å²) in [4.78, 5) is 14.0. The number of halogens is 2. The molecule has 2 aliphatic rings. The maximum atomic E-state index is 12.4. The smallest absolute Gasteiger partial charge is 0.387 e. The third-order valence-electron chi connectivity index (χ3n) is 4.10. The normalized spacial score (nSPS) is 25.3. The van der Waals surface area contributed by atoms with Crippen molar-refractivity contribution < 1.29 is 18.3 Å². The summed E-state index contributed by atoms with van der Waals surface area (Å²) in [6, 6.07) is 7.22. The van der Waals surface area contributed by atoms with Crippen LogP contribution in [-0.4, -0.2) is 36.0 Å². The number of nitrogens with zero attached hydrogens (tertiary/aromatic N) is 1. The quantitative estimate of drug-likeness (QED) is 0.925. The Balaban J connectivity index is 1.75. The van der Waals surface area contributed by atoms with Crippen molar-refractivity contribution in [3.8, 4) is 5.75 Å². The van der Waals surface area contributed by atoms with E-state index in [4.69, 9.17) is 0 Å². The van der Waals surface area contributed by atoms with Crippen LogP contribution in [-0.2, 0) is 11.3 Å². The zero-order chi connectivity index (χ0) is 14.8. The van der Waals surface area contributed by atoms with Crippen molar-refractivity contribution in [1.29, 1.82) is 0 Å². The van der Waals surface area contributed by atoms with Crippen LogP contribution in [0.2, 0.25) is 0 Å². The largest absolute Gasteiger partial charge is 0.434 e. The molecular weight excluding hydrogens is 278 g/mol. The molecule has 0 aliphatic carbocycles. The summed E-state index contributed by atoms with van der Waals surface area (Å²) >= 11 is 0. The van der Waals surface area contributed by atoms with Crippen LogP contribution in [0.15, 0.2) is 24.3 Å². The second kappa shape index (κ2) is 5.97. The first-order chi connectivity index (χ1) is 10.1. The molecule has 114 valence electrons. The number of alkyl halides is 2. The fourth-order valence-electron chi connectivity index (χ4n) is 3.12. The lowest BCUT2D eigenvalue weighted by Gasteiger charge is -2.25. The first-order valence-electron chi connectivity index (χ1n) is 7.18. The van der Waals surface area contributed by atoms with E-state index in [0.29, 0.717) is 31.1 Å². The molecule has 0 spiro atoms. The summed E-state index contributed by atoms with van der Waals surface area (Å²) in [6.45, 7) is -1.92. The molecule has 1 amide bonds. The Morgan fingerprint density at radius 3 is 2.86 bits per heavy atom. The number of ether oxygens (including phenoxy) is 1. The summed E-state index contributed by atoms with van der Waals surface area (Å²) in [7, 11) is 0. The van der Waals surface area contributed by atoms with Gasteiger partial charge in [0.15, 0.2) is 0 Å². The van der Waals surface area contributed by atoms with Gasteiger partial charge in [-0.25, -0.2) is 0 Å². The van der Waals surface area contributed by atoms with Gasteiger partial charge < -0.3 is 15.0 Å². The summed E-state index contributed by atoms with van der Waals surface area (Å²) < 4.78 is 29.4. The van der Waals surface area contributed by atoms with Crippen LogP contribution < -0.4 is 10.1 Å². The molecule has 2 fully saturated rings. The predicted octanol–water partition coefficient (Wildman–Crippen LogP) is 2.14. The van der Waals surface area contributed by atoms with Crippen LogP contribution in [0, 0.1) is 0 Å². The molecule has 2 bridgehead atoms. The monoisotopic (exact) mass is 296 g/mol. The third-order valence-corrected chi connectivity index (χ3v) is 4.10. The molecule has 3 rings (SSSR count). The SMILES string of the molecule is O=C1C[C@H]2CC[C@@H](CN1Cc1ccccc1OC(F)F)N2. The van der Waals surface area contributed by atoms with Crippen LogP contribution in [0.4, 0.5) is 8.78 Å². The average molecular weight is 296 g/mol. The minimum atomic E-state index is -2.86. The molecule has 1 aromatic carbocycles. The molecule has 2 aliphatic heterocycles. The van der Waals surface area contributed by atoms with Crippen LogP contribution in [0.25, 0.3) is 0 Å². The van der Waals surface area contributed by atoms with Crippen molar-refractivity contribution in [3.63, 3.8) is 0 Å². The van der Waals surface area contributed by atoms with Crippen molar-refractivity contribution in [3.05, 3.63) is 29.8 Å². The molecule has 0 unspecified atom stereocenters. The number of benzene rings is 1. The van der Waals surface area contributed by atoms with Crippen molar-refractivity contribution in [2.45, 2.75) is 44.5 Å². The number of rotatable bonds is 4. The number of hydrogen-bond acceptors (Lipinski definition) is 3. The topological polar surface area (TPSA) is 41.6 Å². The second-order valence-corrected chi connectivity index (χ2v) is 5.60. The Hall–Kier alpha value is -1.69. The molecule has 6 heteroatoms. The van der Waals surface area contributed by atoms with Gasteiger partial charge in [-0.1, -0.05) is 18.2 Å². The number of nitrogens with one attached hydrogen (secondary N) is 1. The Morgan fingerprint density at radius 1 is 1.29 bits per heavy atom. The molecule has 1 N–H and O–H groups in total. The van der Waals surface area contributed by atoms with Crippen LogP contribution in [0.5, 0.6) is 5.75 Å². The molecule has 2 saturated heterocycles. The fourth-order valence-corrected chi connectivity index (χ4v) is 3.12. The van der Waals surface area contributed by atoms with E-state index in [-0.39, 0.29) is 17.7 Å². The van der Waals surface area contributed by atoms with E-state index in [1.807, 2.05) is 0 Å². The Morgan fingerprint density at radius 2 is 2.05 bits per heavy atom. The predicted molar refractivity (Wildman–Crippen MR) is 73.1 cm³/mol. The number of fused-ring (bicyclic) bond motifs is 2. The zero-order valence-electron chi connectivity index (χ0n) is 11.6. The third kappa shape index (κ3) is 3.32. The van der Waals surface area contributed by atoms with Gasteiger partial charge in [-0.3, -0.25) is 4.79 Å². The minimum absolute atomic E-state index is 0.0709. The Bertz CT molecular complexity index is 524. The Kier molecular flexibility index (Phi) is 4.05. The van der Waals surface area contributed by atoms with E-state index in [0.717, 1.165) is 12.8 Å². The highest BCUT2D eigenvalue weighted by Crippen LogP contribution is 2.26. The van der Waals surface area contributed by atoms with E-state index in [9.17, 15) is 13.6 Å². The maximum absolute atomic E-state index is 12.4. The lowest BCUT2D eigenvalue weighted by molar-refractivity contribution is -0.131. The maximum Gasteiger partial charge on any atom is 0.387 e. The number of amides is 1. The lowest BCUT2D eigenvalue weighted by atomic mass is 10.1. The molecule has 2 atom stereocenters. The fraction of sp³-hybridized carbons (Fsp3) is 0.533. The molecule has 0 radical (unpaired) electrons. The van der Waals surface area contributed by atoms with Gasteiger partial charge in [-0.2, -0.15) is 8.78 Å². The van der Waals surface area contributed by atoms with E-state index in [2.05, 4.69) is 10.1 Å². The molecule has 4 nitrogen and oxygen atoms in total. The van der Waals surface area contributed by atoms with Crippen molar-refractivity contribution in [2.24, 2.45) is 0 Å². The molecule has 2 heterocycles. The van der Waals surface area contributed by atoms with Crippen molar-refractivity contribution in [2.75, 3.05) is 6.54 Å². The van der Waals surface area contributed by atoms with Crippen LogP contribution >= 0.6 is 0 Å². The highest BCUT2D eigenvalue weighted by molar-refractivity contribution is 5.77. The molecular formula is C15H18F2N2O2. The van der Waals surface area contributed by atoms with Gasteiger partial charge in [-0.05, 0) is 18.9 Å². The summed E-state index contributed by atoms with van der Waals surface area (Å²) in [5, 5.41) is 3.43. The molecule has 21 heavy (non-hydrogen) atoms. The van der Waals surface area contributed by atoms with Crippen molar-refractivity contribution in [1.82, 2.24) is 10.2 Å². The number of carbonyl (C=O) groups is 1. The minimum Gasteiger partial charge on any atom is -0.434 e. The first kappa shape index (κ1) is 14.3. The number of hydrogen-bond donors (Lipinski definition) is 1. The Labute approximate surface area is 122 Å². The van der Waals surface area contributed by atoms with Gasteiger partial charge >= 0.3 is 6.61 Å². The van der Waals surface area contributed by atoms with Gasteiger partial charge in [0, 0.05) is 37.2 Å². The van der Waals surface area contributed by atoms with Gasteiger partial charge in [-0.15, -0.1) is 0 Å². The molecule has 1 aromatic rings. The standard InChI is InChI=1S/C15H18F2N2O2/c16-15(17)21-13-4-2-1-3-10(13)8-19-9-12-6-5-11(18-12)7-14(19)20/h1-4,11-12,15,18H,5-9H2/t11-,12+/m1/s1.